The fraction of sp³-hybridized carbons (Fsp3) is 0.167. The fourth-order valence-corrected chi connectivity index (χ4v) is 2.83. The van der Waals surface area contributed by atoms with Crippen molar-refractivity contribution in [3.63, 3.8) is 0 Å². The molecule has 2 aromatic rings. The molecule has 24 heavy (non-hydrogen) atoms. The van der Waals surface area contributed by atoms with Gasteiger partial charge in [0.05, 0.1) is 29.0 Å². The third-order valence-electron chi connectivity index (χ3n) is 3.65. The highest BCUT2D eigenvalue weighted by molar-refractivity contribution is 9.10. The molecule has 0 saturated heterocycles. The predicted octanol–water partition coefficient (Wildman–Crippen LogP) is 3.82. The first-order valence-corrected chi connectivity index (χ1v) is 8.27. The van der Waals surface area contributed by atoms with Gasteiger partial charge in [0.1, 0.15) is 0 Å². The minimum Gasteiger partial charge on any atom is -0.462 e. The van der Waals surface area contributed by atoms with E-state index < -0.39 is 5.97 Å². The molecule has 1 aliphatic heterocycles. The first kappa shape index (κ1) is 16.4. The molecule has 0 atom stereocenters. The Hall–Kier alpha value is -2.47. The molecule has 122 valence electrons. The highest BCUT2D eigenvalue weighted by Crippen LogP contribution is 2.30. The lowest BCUT2D eigenvalue weighted by atomic mass is 10.1. The second kappa shape index (κ2) is 6.57. The van der Waals surface area contributed by atoms with Crippen LogP contribution in [-0.4, -0.2) is 24.4 Å². The molecule has 2 amide bonds. The van der Waals surface area contributed by atoms with Crippen LogP contribution in [0.15, 0.2) is 46.9 Å². The molecule has 0 N–H and O–H groups in total. The Morgan fingerprint density at radius 2 is 1.71 bits per heavy atom. The first-order valence-electron chi connectivity index (χ1n) is 7.48. The van der Waals surface area contributed by atoms with Crippen molar-refractivity contribution in [1.82, 2.24) is 0 Å². The van der Waals surface area contributed by atoms with Crippen molar-refractivity contribution in [2.45, 2.75) is 13.3 Å². The van der Waals surface area contributed by atoms with Gasteiger partial charge in [-0.1, -0.05) is 22.9 Å². The summed E-state index contributed by atoms with van der Waals surface area (Å²) in [5.74, 6) is -1.17. The molecule has 0 spiro atoms. The van der Waals surface area contributed by atoms with Crippen LogP contribution < -0.4 is 4.90 Å². The summed E-state index contributed by atoms with van der Waals surface area (Å²) in [6, 6.07) is 11.2. The van der Waals surface area contributed by atoms with Gasteiger partial charge in [-0.05, 0) is 48.9 Å². The van der Waals surface area contributed by atoms with Gasteiger partial charge in [0.2, 0.25) is 0 Å². The average Bonchev–Trinajstić information content (AvgIpc) is 2.83. The Bertz CT molecular complexity index is 829. The van der Waals surface area contributed by atoms with E-state index in [2.05, 4.69) is 15.9 Å². The number of fused-ring (bicyclic) bond motifs is 1. The van der Waals surface area contributed by atoms with Crippen molar-refractivity contribution in [2.24, 2.45) is 0 Å². The number of benzene rings is 2. The molecular formula is C18H14BrNO4. The molecule has 2 aromatic carbocycles. The number of ether oxygens (including phenoxy) is 1. The topological polar surface area (TPSA) is 63.7 Å². The van der Waals surface area contributed by atoms with Crippen molar-refractivity contribution in [3.8, 4) is 0 Å². The van der Waals surface area contributed by atoms with Crippen molar-refractivity contribution >= 4 is 39.4 Å². The van der Waals surface area contributed by atoms with Gasteiger partial charge in [-0.2, -0.15) is 0 Å². The van der Waals surface area contributed by atoms with Crippen LogP contribution in [0.2, 0.25) is 0 Å². The summed E-state index contributed by atoms with van der Waals surface area (Å²) in [4.78, 5) is 37.9. The minimum absolute atomic E-state index is 0.355. The molecule has 5 nitrogen and oxygen atoms in total. The minimum atomic E-state index is -0.422. The molecule has 1 heterocycles. The number of carbonyl (C=O) groups excluding carboxylic acids is 3. The lowest BCUT2D eigenvalue weighted by molar-refractivity contribution is 0.0505. The quantitative estimate of drug-likeness (QED) is 0.590. The molecule has 1 aliphatic rings. The summed E-state index contributed by atoms with van der Waals surface area (Å²) in [5.41, 5.74) is 1.53. The van der Waals surface area contributed by atoms with E-state index in [-0.39, 0.29) is 11.8 Å². The number of anilines is 1. The second-order valence-electron chi connectivity index (χ2n) is 5.32. The number of imide groups is 1. The Morgan fingerprint density at radius 1 is 1.04 bits per heavy atom. The molecule has 3 rings (SSSR count). The molecular weight excluding hydrogens is 374 g/mol. The highest BCUT2D eigenvalue weighted by Gasteiger charge is 2.36. The van der Waals surface area contributed by atoms with Crippen molar-refractivity contribution in [2.75, 3.05) is 11.5 Å². The monoisotopic (exact) mass is 387 g/mol. The van der Waals surface area contributed by atoms with E-state index >= 15 is 0 Å². The third kappa shape index (κ3) is 2.85. The third-order valence-corrected chi connectivity index (χ3v) is 4.14. The predicted molar refractivity (Wildman–Crippen MR) is 92.3 cm³/mol. The molecule has 0 fully saturated rings. The molecule has 0 bridgehead atoms. The van der Waals surface area contributed by atoms with E-state index in [1.54, 1.807) is 42.5 Å². The van der Waals surface area contributed by atoms with Crippen LogP contribution in [0.5, 0.6) is 0 Å². The zero-order valence-corrected chi connectivity index (χ0v) is 14.5. The smallest absolute Gasteiger partial charge is 0.338 e. The zero-order valence-electron chi connectivity index (χ0n) is 12.9. The molecule has 0 radical (unpaired) electrons. The number of esters is 1. The van der Waals surface area contributed by atoms with E-state index in [1.165, 1.54) is 0 Å². The number of hydrogen-bond acceptors (Lipinski definition) is 4. The summed E-state index contributed by atoms with van der Waals surface area (Å²) in [6.07, 6.45) is 0.744. The first-order chi connectivity index (χ1) is 11.5. The van der Waals surface area contributed by atoms with E-state index in [9.17, 15) is 14.4 Å². The SMILES string of the molecule is CCCOC(=O)c1ccc(N2C(=O)c3ccc(Br)cc3C2=O)cc1. The number of halogens is 1. The van der Waals surface area contributed by atoms with Crippen molar-refractivity contribution < 1.29 is 19.1 Å². The maximum absolute atomic E-state index is 12.5. The number of rotatable bonds is 4. The van der Waals surface area contributed by atoms with Gasteiger partial charge in [-0.3, -0.25) is 9.59 Å². The summed E-state index contributed by atoms with van der Waals surface area (Å²) < 4.78 is 5.79. The van der Waals surface area contributed by atoms with Gasteiger partial charge in [0, 0.05) is 4.47 Å². The van der Waals surface area contributed by atoms with Crippen LogP contribution >= 0.6 is 15.9 Å². The van der Waals surface area contributed by atoms with Gasteiger partial charge < -0.3 is 4.74 Å². The van der Waals surface area contributed by atoms with Crippen LogP contribution in [-0.2, 0) is 4.74 Å². The maximum atomic E-state index is 12.5. The molecule has 0 aliphatic carbocycles. The van der Waals surface area contributed by atoms with Gasteiger partial charge >= 0.3 is 5.97 Å². The van der Waals surface area contributed by atoms with Crippen LogP contribution in [0, 0.1) is 0 Å². The van der Waals surface area contributed by atoms with E-state index in [4.69, 9.17) is 4.74 Å². The molecule has 0 saturated carbocycles. The van der Waals surface area contributed by atoms with Crippen LogP contribution in [0.25, 0.3) is 0 Å². The number of carbonyl (C=O) groups is 3. The lowest BCUT2D eigenvalue weighted by Gasteiger charge is -2.14. The van der Waals surface area contributed by atoms with Gasteiger partial charge in [-0.15, -0.1) is 0 Å². The highest BCUT2D eigenvalue weighted by atomic mass is 79.9. The lowest BCUT2D eigenvalue weighted by Crippen LogP contribution is -2.29. The Morgan fingerprint density at radius 3 is 2.38 bits per heavy atom. The largest absolute Gasteiger partial charge is 0.462 e. The van der Waals surface area contributed by atoms with Crippen LogP contribution in [0.3, 0.4) is 0 Å². The standard InChI is InChI=1S/C18H14BrNO4/c1-2-9-24-18(23)11-3-6-13(7-4-11)20-16(21)14-8-5-12(19)10-15(14)17(20)22/h3-8,10H,2,9H2,1H3. The van der Waals surface area contributed by atoms with E-state index in [0.29, 0.717) is 29.0 Å². The van der Waals surface area contributed by atoms with Gasteiger partial charge in [0.15, 0.2) is 0 Å². The molecule has 0 aromatic heterocycles. The van der Waals surface area contributed by atoms with Crippen molar-refractivity contribution in [3.05, 3.63) is 63.6 Å². The van der Waals surface area contributed by atoms with Crippen molar-refractivity contribution in [1.29, 1.82) is 0 Å². The zero-order chi connectivity index (χ0) is 17.3. The van der Waals surface area contributed by atoms with E-state index in [0.717, 1.165) is 15.8 Å². The van der Waals surface area contributed by atoms with Gasteiger partial charge in [-0.25, -0.2) is 9.69 Å². The Labute approximate surface area is 147 Å². The maximum Gasteiger partial charge on any atom is 0.338 e. The van der Waals surface area contributed by atoms with Crippen LogP contribution in [0.4, 0.5) is 5.69 Å². The number of amides is 2. The Kier molecular flexibility index (Phi) is 4.49. The summed E-state index contributed by atoms with van der Waals surface area (Å²) >= 11 is 3.30. The van der Waals surface area contributed by atoms with Gasteiger partial charge in [0.25, 0.3) is 11.8 Å². The van der Waals surface area contributed by atoms with E-state index in [1.807, 2.05) is 6.92 Å². The average molecular weight is 388 g/mol. The summed E-state index contributed by atoms with van der Waals surface area (Å²) in [7, 11) is 0. The normalized spacial score (nSPS) is 13.2. The molecule has 6 heteroatoms. The van der Waals surface area contributed by atoms with Crippen LogP contribution in [0.1, 0.15) is 44.4 Å². The summed E-state index contributed by atoms with van der Waals surface area (Å²) in [5, 5.41) is 0. The number of nitrogens with zero attached hydrogens (tertiary/aromatic N) is 1. The molecule has 0 unspecified atom stereocenters. The number of hydrogen-bond donors (Lipinski definition) is 0. The fourth-order valence-electron chi connectivity index (χ4n) is 2.47. The second-order valence-corrected chi connectivity index (χ2v) is 6.23. The summed E-state index contributed by atoms with van der Waals surface area (Å²) in [6.45, 7) is 2.27. The Balaban J connectivity index is 1.87.